The number of hydrogen-bond acceptors (Lipinski definition) is 6. The minimum Gasteiger partial charge on any atom is -0.493 e. The summed E-state index contributed by atoms with van der Waals surface area (Å²) in [6.07, 6.45) is 3.79. The van der Waals surface area contributed by atoms with Gasteiger partial charge in [0.1, 0.15) is 12.1 Å². The molecule has 0 spiro atoms. The summed E-state index contributed by atoms with van der Waals surface area (Å²) in [5.74, 6) is 2.08. The van der Waals surface area contributed by atoms with Crippen LogP contribution >= 0.6 is 23.2 Å². The van der Waals surface area contributed by atoms with E-state index in [-0.39, 0.29) is 15.7 Å². The van der Waals surface area contributed by atoms with E-state index in [1.165, 1.54) is 31.4 Å². The Morgan fingerprint density at radius 1 is 1.24 bits per heavy atom. The molecule has 4 rings (SSSR count). The zero-order valence-corrected chi connectivity index (χ0v) is 20.4. The molecule has 0 amide bonds. The van der Waals surface area contributed by atoms with Crippen molar-refractivity contribution in [2.75, 3.05) is 39.2 Å². The van der Waals surface area contributed by atoms with Crippen molar-refractivity contribution in [2.24, 2.45) is 11.8 Å². The highest BCUT2D eigenvalue weighted by Gasteiger charge is 2.22. The number of nitrogens with one attached hydrogen (secondary N) is 1. The minimum atomic E-state index is -0.648. The van der Waals surface area contributed by atoms with Crippen LogP contribution in [0.2, 0.25) is 10.0 Å². The first-order valence-electron chi connectivity index (χ1n) is 10.9. The van der Waals surface area contributed by atoms with E-state index in [2.05, 4.69) is 34.2 Å². The molecule has 2 heterocycles. The van der Waals surface area contributed by atoms with Gasteiger partial charge in [-0.2, -0.15) is 0 Å². The molecule has 1 saturated heterocycles. The average Bonchev–Trinajstić information content (AvgIpc) is 3.21. The van der Waals surface area contributed by atoms with Gasteiger partial charge >= 0.3 is 0 Å². The molecule has 1 aromatic heterocycles. The van der Waals surface area contributed by atoms with Gasteiger partial charge in [-0.25, -0.2) is 14.4 Å². The summed E-state index contributed by atoms with van der Waals surface area (Å²) in [6.45, 7) is 5.11. The number of nitrogens with zero attached hydrogens (tertiary/aromatic N) is 3. The second-order valence-electron chi connectivity index (χ2n) is 8.66. The van der Waals surface area contributed by atoms with E-state index in [4.69, 9.17) is 32.7 Å². The van der Waals surface area contributed by atoms with Gasteiger partial charge in [-0.1, -0.05) is 30.1 Å². The molecule has 0 aliphatic carbocycles. The smallest absolute Gasteiger partial charge is 0.166 e. The van der Waals surface area contributed by atoms with Gasteiger partial charge in [0.15, 0.2) is 17.3 Å². The summed E-state index contributed by atoms with van der Waals surface area (Å²) in [5.41, 5.74) is 0.809. The Morgan fingerprint density at radius 3 is 2.79 bits per heavy atom. The number of fused-ring (bicyclic) bond motifs is 1. The third-order valence-corrected chi connectivity index (χ3v) is 6.74. The monoisotopic (exact) mass is 492 g/mol. The molecule has 0 saturated carbocycles. The van der Waals surface area contributed by atoms with Crippen LogP contribution < -0.4 is 14.8 Å². The van der Waals surface area contributed by atoms with Gasteiger partial charge in [0.05, 0.1) is 35.0 Å². The van der Waals surface area contributed by atoms with Gasteiger partial charge < -0.3 is 19.7 Å². The fraction of sp³-hybridized carbons (Fsp3) is 0.417. The predicted molar refractivity (Wildman–Crippen MR) is 131 cm³/mol. The molecular weight excluding hydrogens is 466 g/mol. The van der Waals surface area contributed by atoms with Crippen LogP contribution in [0.1, 0.15) is 19.8 Å². The highest BCUT2D eigenvalue weighted by atomic mass is 35.5. The van der Waals surface area contributed by atoms with Crippen molar-refractivity contribution in [1.82, 2.24) is 14.9 Å². The Morgan fingerprint density at radius 2 is 2.06 bits per heavy atom. The van der Waals surface area contributed by atoms with Crippen molar-refractivity contribution in [3.63, 3.8) is 0 Å². The topological polar surface area (TPSA) is 59.5 Å². The molecule has 1 aliphatic rings. The number of halogens is 3. The zero-order chi connectivity index (χ0) is 23.5. The van der Waals surface area contributed by atoms with Crippen LogP contribution in [0.4, 0.5) is 15.9 Å². The second-order valence-corrected chi connectivity index (χ2v) is 9.44. The Labute approximate surface area is 203 Å². The molecule has 2 aromatic carbocycles. The van der Waals surface area contributed by atoms with E-state index in [9.17, 15) is 4.39 Å². The maximum Gasteiger partial charge on any atom is 0.166 e. The maximum absolute atomic E-state index is 14.5. The molecule has 0 bridgehead atoms. The summed E-state index contributed by atoms with van der Waals surface area (Å²) in [4.78, 5) is 11.0. The molecule has 3 aromatic rings. The van der Waals surface area contributed by atoms with Crippen molar-refractivity contribution in [1.29, 1.82) is 0 Å². The molecule has 0 radical (unpaired) electrons. The molecule has 1 aliphatic heterocycles. The average molecular weight is 493 g/mol. The lowest BCUT2D eigenvalue weighted by Gasteiger charge is -2.19. The molecule has 33 heavy (non-hydrogen) atoms. The van der Waals surface area contributed by atoms with Crippen molar-refractivity contribution in [3.8, 4) is 11.5 Å². The number of aromatic nitrogens is 2. The van der Waals surface area contributed by atoms with E-state index < -0.39 is 5.82 Å². The number of likely N-dealkylation sites (tertiary alicyclic amines) is 1. The molecule has 9 heteroatoms. The molecular formula is C24H27Cl2FN4O2. The lowest BCUT2D eigenvalue weighted by molar-refractivity contribution is 0.224. The summed E-state index contributed by atoms with van der Waals surface area (Å²) >= 11 is 11.8. The minimum absolute atomic E-state index is 0.143. The molecule has 6 nitrogen and oxygen atoms in total. The van der Waals surface area contributed by atoms with Gasteiger partial charge in [0.25, 0.3) is 0 Å². The van der Waals surface area contributed by atoms with Crippen LogP contribution in [0, 0.1) is 17.7 Å². The van der Waals surface area contributed by atoms with Crippen LogP contribution in [0.25, 0.3) is 10.9 Å². The number of anilines is 2. The van der Waals surface area contributed by atoms with Crippen molar-refractivity contribution < 1.29 is 13.9 Å². The molecule has 0 unspecified atom stereocenters. The van der Waals surface area contributed by atoms with Crippen LogP contribution in [-0.4, -0.2) is 48.7 Å². The number of rotatable bonds is 8. The number of methoxy groups -OCH3 is 1. The molecule has 1 fully saturated rings. The lowest BCUT2D eigenvalue weighted by atomic mass is 9.96. The third-order valence-electron chi connectivity index (χ3n) is 5.96. The Bertz CT molecular complexity index is 1150. The highest BCUT2D eigenvalue weighted by molar-refractivity contribution is 6.42. The largest absolute Gasteiger partial charge is 0.493 e. The standard InChI is InChI=1S/C24H27Cl2FN4O2/c1-14(8-15-6-7-31(2)11-15)12-33-21-10-19-16(9-20(21)32-3)24(29-13-28-19)30-18-5-4-17(25)22(26)23(18)27/h4-5,9-10,13-15H,6-8,11-12H2,1-3H3,(H,28,29,30)/t14-,15+/m1/s1. The predicted octanol–water partition coefficient (Wildman–Crippen LogP) is 6.18. The fourth-order valence-corrected chi connectivity index (χ4v) is 4.58. The summed E-state index contributed by atoms with van der Waals surface area (Å²) < 4.78 is 26.2. The van der Waals surface area contributed by atoms with Gasteiger partial charge in [-0.05, 0) is 56.5 Å². The molecule has 176 valence electrons. The molecule has 2 atom stereocenters. The number of ether oxygens (including phenoxy) is 2. The summed E-state index contributed by atoms with van der Waals surface area (Å²) in [7, 11) is 3.75. The number of hydrogen-bond donors (Lipinski definition) is 1. The van der Waals surface area contributed by atoms with Crippen LogP contribution in [0.15, 0.2) is 30.6 Å². The van der Waals surface area contributed by atoms with E-state index in [0.717, 1.165) is 18.9 Å². The van der Waals surface area contributed by atoms with E-state index in [1.54, 1.807) is 13.2 Å². The van der Waals surface area contributed by atoms with Crippen molar-refractivity contribution >= 4 is 45.6 Å². The van der Waals surface area contributed by atoms with Crippen LogP contribution in [0.5, 0.6) is 11.5 Å². The SMILES string of the molecule is COc1cc2c(Nc3ccc(Cl)c(Cl)c3F)ncnc2cc1OC[C@H](C)C[C@@H]1CCN(C)C1. The Hall–Kier alpha value is -2.35. The van der Waals surface area contributed by atoms with Gasteiger partial charge in [-0.15, -0.1) is 0 Å². The van der Waals surface area contributed by atoms with Crippen molar-refractivity contribution in [3.05, 3.63) is 46.5 Å². The fourth-order valence-electron chi connectivity index (χ4n) is 4.27. The lowest BCUT2D eigenvalue weighted by Crippen LogP contribution is -2.17. The first kappa shape index (κ1) is 23.8. The van der Waals surface area contributed by atoms with Gasteiger partial charge in [0.2, 0.25) is 0 Å². The first-order chi connectivity index (χ1) is 15.9. The summed E-state index contributed by atoms with van der Waals surface area (Å²) in [5, 5.41) is 3.64. The summed E-state index contributed by atoms with van der Waals surface area (Å²) in [6, 6.07) is 6.65. The van der Waals surface area contributed by atoms with Gasteiger partial charge in [-0.3, -0.25) is 0 Å². The second kappa shape index (κ2) is 10.3. The van der Waals surface area contributed by atoms with Crippen LogP contribution in [-0.2, 0) is 0 Å². The quantitative estimate of drug-likeness (QED) is 0.378. The Balaban J connectivity index is 1.54. The zero-order valence-electron chi connectivity index (χ0n) is 18.9. The van der Waals surface area contributed by atoms with E-state index >= 15 is 0 Å². The normalized spacial score (nSPS) is 17.3. The van der Waals surface area contributed by atoms with Crippen LogP contribution in [0.3, 0.4) is 0 Å². The Kier molecular flexibility index (Phi) is 7.41. The highest BCUT2D eigenvalue weighted by Crippen LogP contribution is 2.37. The van der Waals surface area contributed by atoms with Crippen molar-refractivity contribution in [2.45, 2.75) is 19.8 Å². The third kappa shape index (κ3) is 5.42. The van der Waals surface area contributed by atoms with E-state index in [1.807, 2.05) is 6.07 Å². The molecule has 1 N–H and O–H groups in total. The van der Waals surface area contributed by atoms with E-state index in [0.29, 0.717) is 40.7 Å². The number of benzene rings is 2. The van der Waals surface area contributed by atoms with Gasteiger partial charge in [0, 0.05) is 18.0 Å². The first-order valence-corrected chi connectivity index (χ1v) is 11.7. The maximum atomic E-state index is 14.5.